The Morgan fingerprint density at radius 2 is 1.86 bits per heavy atom. The molecule has 0 saturated carbocycles. The van der Waals surface area contributed by atoms with Gasteiger partial charge in [0.1, 0.15) is 11.5 Å². The van der Waals surface area contributed by atoms with Crippen molar-refractivity contribution in [2.45, 2.75) is 45.7 Å². The Morgan fingerprint density at radius 3 is 2.38 bits per heavy atom. The average Bonchev–Trinajstić information content (AvgIpc) is 2.37. The van der Waals surface area contributed by atoms with Crippen molar-refractivity contribution in [3.05, 3.63) is 29.6 Å². The van der Waals surface area contributed by atoms with E-state index in [0.29, 0.717) is 19.0 Å². The van der Waals surface area contributed by atoms with Crippen LogP contribution in [0.1, 0.15) is 33.6 Å². The highest BCUT2D eigenvalue weighted by atomic mass is 19.1. The molecule has 1 aromatic rings. The molecule has 21 heavy (non-hydrogen) atoms. The summed E-state index contributed by atoms with van der Waals surface area (Å²) in [5.74, 6) is -2.02. The molecule has 118 valence electrons. The average molecular weight is 300 g/mol. The SMILES string of the molecule is CCC1CNC(CC(C)C)CN1c1c(F)cc(F)cc1F. The van der Waals surface area contributed by atoms with Gasteiger partial charge in [-0.3, -0.25) is 0 Å². The molecule has 2 rings (SSSR count). The first-order chi connectivity index (χ1) is 9.92. The molecule has 1 aliphatic heterocycles. The first kappa shape index (κ1) is 16.1. The molecule has 1 saturated heterocycles. The van der Waals surface area contributed by atoms with Gasteiger partial charge in [0.2, 0.25) is 0 Å². The van der Waals surface area contributed by atoms with E-state index < -0.39 is 17.5 Å². The second kappa shape index (κ2) is 6.69. The first-order valence-electron chi connectivity index (χ1n) is 7.56. The quantitative estimate of drug-likeness (QED) is 0.912. The molecule has 0 aliphatic carbocycles. The van der Waals surface area contributed by atoms with E-state index in [4.69, 9.17) is 0 Å². The van der Waals surface area contributed by atoms with Crippen LogP contribution in [0.25, 0.3) is 0 Å². The third-order valence-corrected chi connectivity index (χ3v) is 4.00. The molecule has 1 N–H and O–H groups in total. The number of anilines is 1. The Labute approximate surface area is 124 Å². The van der Waals surface area contributed by atoms with E-state index in [9.17, 15) is 13.2 Å². The number of halogens is 3. The van der Waals surface area contributed by atoms with Gasteiger partial charge in [-0.15, -0.1) is 0 Å². The molecule has 0 spiro atoms. The predicted molar refractivity (Wildman–Crippen MR) is 79.0 cm³/mol. The minimum absolute atomic E-state index is 0.0165. The summed E-state index contributed by atoms with van der Waals surface area (Å²) in [6, 6.07) is 1.72. The fourth-order valence-electron chi connectivity index (χ4n) is 3.04. The molecule has 2 atom stereocenters. The number of nitrogens with one attached hydrogen (secondary N) is 1. The highest BCUT2D eigenvalue weighted by molar-refractivity contribution is 5.51. The van der Waals surface area contributed by atoms with Crippen molar-refractivity contribution < 1.29 is 13.2 Å². The molecule has 1 aromatic carbocycles. The fourth-order valence-corrected chi connectivity index (χ4v) is 3.04. The van der Waals surface area contributed by atoms with Gasteiger partial charge in [-0.05, 0) is 18.8 Å². The maximum absolute atomic E-state index is 14.1. The standard InChI is InChI=1S/C16H23F3N2/c1-4-13-8-20-12(5-10(2)3)9-21(13)16-14(18)6-11(17)7-15(16)19/h6-7,10,12-13,20H,4-5,8-9H2,1-3H3. The molecule has 2 unspecified atom stereocenters. The Balaban J connectivity index is 2.29. The summed E-state index contributed by atoms with van der Waals surface area (Å²) >= 11 is 0. The van der Waals surface area contributed by atoms with Crippen LogP contribution in [0.2, 0.25) is 0 Å². The third kappa shape index (κ3) is 3.70. The van der Waals surface area contributed by atoms with Gasteiger partial charge in [-0.1, -0.05) is 20.8 Å². The molecule has 0 aromatic heterocycles. The van der Waals surface area contributed by atoms with Crippen LogP contribution in [0.15, 0.2) is 12.1 Å². The highest BCUT2D eigenvalue weighted by Gasteiger charge is 2.31. The molecule has 0 bridgehead atoms. The summed E-state index contributed by atoms with van der Waals surface area (Å²) in [5.41, 5.74) is -0.0986. The predicted octanol–water partition coefficient (Wildman–Crippen LogP) is 3.71. The summed E-state index contributed by atoms with van der Waals surface area (Å²) in [6.07, 6.45) is 1.72. The zero-order valence-electron chi connectivity index (χ0n) is 12.8. The Kier molecular flexibility index (Phi) is 5.14. The summed E-state index contributed by atoms with van der Waals surface area (Å²) in [4.78, 5) is 1.76. The fraction of sp³-hybridized carbons (Fsp3) is 0.625. The number of hydrogen-bond donors (Lipinski definition) is 1. The maximum atomic E-state index is 14.1. The van der Waals surface area contributed by atoms with E-state index in [0.717, 1.165) is 25.0 Å². The molecule has 0 amide bonds. The molecule has 1 heterocycles. The lowest BCUT2D eigenvalue weighted by molar-refractivity contribution is 0.338. The van der Waals surface area contributed by atoms with E-state index in [1.807, 2.05) is 6.92 Å². The Hall–Kier alpha value is -1.23. The van der Waals surface area contributed by atoms with Crippen LogP contribution in [0.4, 0.5) is 18.9 Å². The van der Waals surface area contributed by atoms with Crippen LogP contribution in [0, 0.1) is 23.4 Å². The zero-order valence-corrected chi connectivity index (χ0v) is 12.8. The van der Waals surface area contributed by atoms with Crippen LogP contribution in [0.5, 0.6) is 0 Å². The summed E-state index contributed by atoms with van der Waals surface area (Å²) in [5, 5.41) is 3.44. The van der Waals surface area contributed by atoms with E-state index >= 15 is 0 Å². The Bertz CT molecular complexity index is 467. The normalized spacial score (nSPS) is 22.9. The van der Waals surface area contributed by atoms with Gasteiger partial charge in [0, 0.05) is 37.3 Å². The first-order valence-corrected chi connectivity index (χ1v) is 7.56. The summed E-state index contributed by atoms with van der Waals surface area (Å²) in [6.45, 7) is 7.45. The third-order valence-electron chi connectivity index (χ3n) is 4.00. The van der Waals surface area contributed by atoms with E-state index in [2.05, 4.69) is 19.2 Å². The van der Waals surface area contributed by atoms with Gasteiger partial charge in [0.15, 0.2) is 11.6 Å². The molecule has 1 fully saturated rings. The Morgan fingerprint density at radius 1 is 1.24 bits per heavy atom. The lowest BCUT2D eigenvalue weighted by atomic mass is 9.98. The van der Waals surface area contributed by atoms with Gasteiger partial charge in [-0.25, -0.2) is 13.2 Å². The lowest BCUT2D eigenvalue weighted by Gasteiger charge is -2.42. The number of piperazine rings is 1. The lowest BCUT2D eigenvalue weighted by Crippen LogP contribution is -2.57. The largest absolute Gasteiger partial charge is 0.361 e. The smallest absolute Gasteiger partial charge is 0.152 e. The van der Waals surface area contributed by atoms with Crippen molar-refractivity contribution in [2.24, 2.45) is 5.92 Å². The summed E-state index contributed by atoms with van der Waals surface area (Å²) in [7, 11) is 0. The molecule has 5 heteroatoms. The van der Waals surface area contributed by atoms with Gasteiger partial charge < -0.3 is 10.2 Å². The van der Waals surface area contributed by atoms with Gasteiger partial charge >= 0.3 is 0 Å². The van der Waals surface area contributed by atoms with Crippen molar-refractivity contribution in [1.29, 1.82) is 0 Å². The maximum Gasteiger partial charge on any atom is 0.152 e. The van der Waals surface area contributed by atoms with Gasteiger partial charge in [0.05, 0.1) is 0 Å². The number of benzene rings is 1. The second-order valence-corrected chi connectivity index (χ2v) is 6.17. The number of rotatable bonds is 4. The van der Waals surface area contributed by atoms with Crippen molar-refractivity contribution in [3.63, 3.8) is 0 Å². The molecule has 0 radical (unpaired) electrons. The van der Waals surface area contributed by atoms with Gasteiger partial charge in [-0.2, -0.15) is 0 Å². The van der Waals surface area contributed by atoms with Crippen molar-refractivity contribution >= 4 is 5.69 Å². The topological polar surface area (TPSA) is 15.3 Å². The van der Waals surface area contributed by atoms with Crippen LogP contribution in [-0.4, -0.2) is 25.2 Å². The minimum Gasteiger partial charge on any atom is -0.361 e. The van der Waals surface area contributed by atoms with Crippen molar-refractivity contribution in [1.82, 2.24) is 5.32 Å². The van der Waals surface area contributed by atoms with Crippen molar-refractivity contribution in [3.8, 4) is 0 Å². The van der Waals surface area contributed by atoms with Crippen LogP contribution >= 0.6 is 0 Å². The van der Waals surface area contributed by atoms with E-state index in [-0.39, 0.29) is 17.8 Å². The molecular formula is C16H23F3N2. The highest BCUT2D eigenvalue weighted by Crippen LogP contribution is 2.29. The zero-order chi connectivity index (χ0) is 15.6. The van der Waals surface area contributed by atoms with Crippen LogP contribution in [-0.2, 0) is 0 Å². The minimum atomic E-state index is -0.879. The van der Waals surface area contributed by atoms with Gasteiger partial charge in [0.25, 0.3) is 0 Å². The molecule has 1 aliphatic rings. The number of hydrogen-bond acceptors (Lipinski definition) is 2. The van der Waals surface area contributed by atoms with Crippen molar-refractivity contribution in [2.75, 3.05) is 18.0 Å². The second-order valence-electron chi connectivity index (χ2n) is 6.17. The summed E-state index contributed by atoms with van der Waals surface area (Å²) < 4.78 is 41.2. The van der Waals surface area contributed by atoms with Crippen LogP contribution in [0.3, 0.4) is 0 Å². The number of nitrogens with zero attached hydrogens (tertiary/aromatic N) is 1. The van der Waals surface area contributed by atoms with Crippen LogP contribution < -0.4 is 10.2 Å². The van der Waals surface area contributed by atoms with E-state index in [1.165, 1.54) is 0 Å². The van der Waals surface area contributed by atoms with E-state index in [1.54, 1.807) is 4.90 Å². The molecular weight excluding hydrogens is 277 g/mol. The molecule has 2 nitrogen and oxygen atoms in total. The monoisotopic (exact) mass is 300 g/mol.